The number of para-hydroxylation sites is 1. The molecule has 0 fully saturated rings. The molecule has 1 N–H and O–H groups in total. The minimum absolute atomic E-state index is 0.0975. The average Bonchev–Trinajstić information content (AvgIpc) is 3.43. The molecular weight excluding hydrogens is 424 g/mol. The monoisotopic (exact) mass is 440 g/mol. The molecule has 0 bridgehead atoms. The van der Waals surface area contributed by atoms with Crippen molar-refractivity contribution in [1.29, 1.82) is 0 Å². The maximum atomic E-state index is 12.6. The average molecular weight is 441 g/mol. The number of nitrogens with zero attached hydrogens (tertiary/aromatic N) is 2. The predicted octanol–water partition coefficient (Wildman–Crippen LogP) is 4.86. The molecule has 0 atom stereocenters. The van der Waals surface area contributed by atoms with Crippen molar-refractivity contribution >= 4 is 46.5 Å². The second-order valence-corrected chi connectivity index (χ2v) is 8.36. The van der Waals surface area contributed by atoms with Crippen LogP contribution in [0.4, 0.5) is 5.69 Å². The SMILES string of the molecule is CCc1cccc2c1N=C/C2=C\c1sc(=O)n(Cc2cc3c(cc2Cl)OCO3)c1O. The first kappa shape index (κ1) is 19.0. The van der Waals surface area contributed by atoms with Crippen molar-refractivity contribution in [1.82, 2.24) is 4.57 Å². The lowest BCUT2D eigenvalue weighted by atomic mass is 10.0. The van der Waals surface area contributed by atoms with E-state index in [-0.39, 0.29) is 24.1 Å². The fourth-order valence-electron chi connectivity index (χ4n) is 3.62. The van der Waals surface area contributed by atoms with Crippen molar-refractivity contribution in [2.24, 2.45) is 4.99 Å². The molecule has 3 aromatic rings. The Labute approximate surface area is 181 Å². The van der Waals surface area contributed by atoms with E-state index in [0.717, 1.165) is 34.6 Å². The first-order chi connectivity index (χ1) is 14.5. The molecule has 0 saturated carbocycles. The van der Waals surface area contributed by atoms with Crippen LogP contribution in [0.25, 0.3) is 11.6 Å². The van der Waals surface area contributed by atoms with Crippen molar-refractivity contribution in [3.05, 3.63) is 66.6 Å². The molecule has 1 aromatic heterocycles. The normalized spacial score (nSPS) is 15.2. The smallest absolute Gasteiger partial charge is 0.310 e. The van der Waals surface area contributed by atoms with Crippen LogP contribution < -0.4 is 14.3 Å². The molecule has 152 valence electrons. The number of thiazole rings is 1. The molecule has 8 heteroatoms. The van der Waals surface area contributed by atoms with Gasteiger partial charge in [-0.1, -0.05) is 48.1 Å². The van der Waals surface area contributed by atoms with Crippen molar-refractivity contribution in [2.45, 2.75) is 19.9 Å². The van der Waals surface area contributed by atoms with E-state index < -0.39 is 0 Å². The molecule has 0 amide bonds. The summed E-state index contributed by atoms with van der Waals surface area (Å²) in [5.74, 6) is 1.05. The molecule has 30 heavy (non-hydrogen) atoms. The zero-order chi connectivity index (χ0) is 20.8. The minimum Gasteiger partial charge on any atom is -0.493 e. The quantitative estimate of drug-likeness (QED) is 0.628. The topological polar surface area (TPSA) is 73.1 Å². The summed E-state index contributed by atoms with van der Waals surface area (Å²) in [6, 6.07) is 9.44. The first-order valence-electron chi connectivity index (χ1n) is 9.43. The summed E-state index contributed by atoms with van der Waals surface area (Å²) in [7, 11) is 0. The van der Waals surface area contributed by atoms with Gasteiger partial charge in [-0.05, 0) is 29.7 Å². The molecule has 2 aliphatic heterocycles. The van der Waals surface area contributed by atoms with E-state index in [4.69, 9.17) is 21.1 Å². The number of rotatable bonds is 4. The number of allylic oxidation sites excluding steroid dienone is 1. The van der Waals surface area contributed by atoms with Gasteiger partial charge in [0.05, 0.1) is 17.1 Å². The van der Waals surface area contributed by atoms with E-state index in [9.17, 15) is 9.90 Å². The molecule has 0 aliphatic carbocycles. The highest BCUT2D eigenvalue weighted by Crippen LogP contribution is 2.39. The van der Waals surface area contributed by atoms with Crippen LogP contribution in [0.15, 0.2) is 40.1 Å². The molecule has 0 radical (unpaired) electrons. The summed E-state index contributed by atoms with van der Waals surface area (Å²) in [4.78, 5) is 17.3. The molecular formula is C22H17ClN2O4S. The van der Waals surface area contributed by atoms with Crippen LogP contribution in [0, 0.1) is 0 Å². The van der Waals surface area contributed by atoms with Crippen molar-refractivity contribution in [3.8, 4) is 17.4 Å². The highest BCUT2D eigenvalue weighted by atomic mass is 35.5. The standard InChI is InChI=1S/C22H17ClN2O4S/c1-2-12-4-3-5-15-13(9-24-20(12)15)7-19-21(26)25(22(27)30-19)10-14-6-17-18(8-16(14)23)29-11-28-17/h3-9,26H,2,10-11H2,1H3/b13-7+. The largest absolute Gasteiger partial charge is 0.493 e. The van der Waals surface area contributed by atoms with Gasteiger partial charge < -0.3 is 14.6 Å². The van der Waals surface area contributed by atoms with Gasteiger partial charge in [-0.3, -0.25) is 14.4 Å². The summed E-state index contributed by atoms with van der Waals surface area (Å²) in [5, 5.41) is 11.2. The van der Waals surface area contributed by atoms with Crippen LogP contribution >= 0.6 is 22.9 Å². The molecule has 0 spiro atoms. The highest BCUT2D eigenvalue weighted by molar-refractivity contribution is 7.10. The lowest BCUT2D eigenvalue weighted by Crippen LogP contribution is -2.13. The van der Waals surface area contributed by atoms with Crippen LogP contribution in [-0.4, -0.2) is 22.7 Å². The van der Waals surface area contributed by atoms with E-state index in [1.54, 1.807) is 24.4 Å². The number of benzene rings is 2. The number of ether oxygens (including phenoxy) is 2. The van der Waals surface area contributed by atoms with E-state index in [1.165, 1.54) is 10.1 Å². The van der Waals surface area contributed by atoms with Gasteiger partial charge in [-0.2, -0.15) is 0 Å². The summed E-state index contributed by atoms with van der Waals surface area (Å²) < 4.78 is 12.0. The maximum Gasteiger partial charge on any atom is 0.310 e. The first-order valence-corrected chi connectivity index (χ1v) is 10.6. The zero-order valence-corrected chi connectivity index (χ0v) is 17.6. The fraction of sp³-hybridized carbons (Fsp3) is 0.182. The number of hydrogen-bond donors (Lipinski definition) is 1. The Morgan fingerprint density at radius 1 is 1.27 bits per heavy atom. The molecule has 6 nitrogen and oxygen atoms in total. The van der Waals surface area contributed by atoms with Gasteiger partial charge in [0.1, 0.15) is 0 Å². The molecule has 0 unspecified atom stereocenters. The molecule has 5 rings (SSSR count). The van der Waals surface area contributed by atoms with Gasteiger partial charge >= 0.3 is 4.87 Å². The molecule has 2 aliphatic rings. The number of halogens is 1. The summed E-state index contributed by atoms with van der Waals surface area (Å²) in [5.41, 5.74) is 4.64. The number of aryl methyl sites for hydroxylation is 1. The number of aromatic hydroxyl groups is 1. The maximum absolute atomic E-state index is 12.6. The Kier molecular flexibility index (Phi) is 4.64. The third-order valence-corrected chi connectivity index (χ3v) is 6.46. The Bertz CT molecular complexity index is 1290. The van der Waals surface area contributed by atoms with Gasteiger partial charge in [-0.15, -0.1) is 0 Å². The van der Waals surface area contributed by atoms with E-state index in [2.05, 4.69) is 18.0 Å². The van der Waals surface area contributed by atoms with E-state index >= 15 is 0 Å². The second kappa shape index (κ2) is 7.34. The highest BCUT2D eigenvalue weighted by Gasteiger charge is 2.21. The van der Waals surface area contributed by atoms with Gasteiger partial charge in [0.25, 0.3) is 0 Å². The van der Waals surface area contributed by atoms with Crippen molar-refractivity contribution < 1.29 is 14.6 Å². The molecule has 0 saturated heterocycles. The second-order valence-electron chi connectivity index (χ2n) is 6.96. The van der Waals surface area contributed by atoms with Crippen molar-refractivity contribution in [2.75, 3.05) is 6.79 Å². The Balaban J connectivity index is 1.50. The van der Waals surface area contributed by atoms with Gasteiger partial charge in [0.15, 0.2) is 11.5 Å². The number of aromatic nitrogens is 1. The van der Waals surface area contributed by atoms with Gasteiger partial charge in [-0.25, -0.2) is 0 Å². The van der Waals surface area contributed by atoms with Crippen LogP contribution in [0.3, 0.4) is 0 Å². The number of hydrogen-bond acceptors (Lipinski definition) is 6. The third-order valence-electron chi connectivity index (χ3n) is 5.19. The van der Waals surface area contributed by atoms with Crippen molar-refractivity contribution in [3.63, 3.8) is 0 Å². The third kappa shape index (κ3) is 3.11. The number of fused-ring (bicyclic) bond motifs is 2. The Hall–Kier alpha value is -3.03. The van der Waals surface area contributed by atoms with Gasteiger partial charge in [0.2, 0.25) is 12.7 Å². The summed E-state index contributed by atoms with van der Waals surface area (Å²) in [6.45, 7) is 2.36. The molecule has 2 aromatic carbocycles. The lowest BCUT2D eigenvalue weighted by Gasteiger charge is -2.08. The van der Waals surface area contributed by atoms with E-state index in [1.807, 2.05) is 12.1 Å². The van der Waals surface area contributed by atoms with Gasteiger partial charge in [0, 0.05) is 28.4 Å². The van der Waals surface area contributed by atoms with Crippen LogP contribution in [0.5, 0.6) is 17.4 Å². The van der Waals surface area contributed by atoms with Crippen LogP contribution in [0.1, 0.15) is 28.5 Å². The zero-order valence-electron chi connectivity index (χ0n) is 16.0. The van der Waals surface area contributed by atoms with E-state index in [0.29, 0.717) is 27.0 Å². The summed E-state index contributed by atoms with van der Waals surface area (Å²) in [6.07, 6.45) is 4.46. The predicted molar refractivity (Wildman–Crippen MR) is 119 cm³/mol. The minimum atomic E-state index is -0.273. The van der Waals surface area contributed by atoms with Crippen LogP contribution in [0.2, 0.25) is 5.02 Å². The van der Waals surface area contributed by atoms with Crippen LogP contribution in [-0.2, 0) is 13.0 Å². The Morgan fingerprint density at radius 2 is 2.07 bits per heavy atom. The molecule has 3 heterocycles. The lowest BCUT2D eigenvalue weighted by molar-refractivity contribution is 0.174. The fourth-order valence-corrected chi connectivity index (χ4v) is 4.67. The Morgan fingerprint density at radius 3 is 2.87 bits per heavy atom. The summed E-state index contributed by atoms with van der Waals surface area (Å²) >= 11 is 7.32. The number of aliphatic imine (C=N–C) groups is 1.